The number of aldehydes is 1. The minimum atomic E-state index is 0.592. The van der Waals surface area contributed by atoms with E-state index in [0.29, 0.717) is 5.56 Å². The molecule has 0 amide bonds. The second-order valence-electron chi connectivity index (χ2n) is 4.57. The van der Waals surface area contributed by atoms with Crippen LogP contribution in [0, 0.1) is 0 Å². The van der Waals surface area contributed by atoms with Gasteiger partial charge in [-0.25, -0.2) is 0 Å². The van der Waals surface area contributed by atoms with E-state index >= 15 is 0 Å². The number of hydrogen-bond donors (Lipinski definition) is 0. The first-order chi connectivity index (χ1) is 9.86. The molecule has 1 aromatic heterocycles. The molecule has 0 aliphatic rings. The quantitative estimate of drug-likeness (QED) is 0.659. The molecule has 0 aliphatic heterocycles. The second-order valence-corrected chi connectivity index (χ2v) is 4.57. The molecule has 0 aliphatic carbocycles. The number of pyridine rings is 1. The minimum Gasteiger partial charge on any atom is -0.298 e. The van der Waals surface area contributed by atoms with Gasteiger partial charge in [0.1, 0.15) is 0 Å². The SMILES string of the molecule is O=Cc1cncc(-c2ccc(-c3ccccc3)cc2)c1. The van der Waals surface area contributed by atoms with Crippen LogP contribution in [0.5, 0.6) is 0 Å². The van der Waals surface area contributed by atoms with Crippen molar-refractivity contribution in [1.29, 1.82) is 0 Å². The summed E-state index contributed by atoms with van der Waals surface area (Å²) in [4.78, 5) is 14.9. The molecular formula is C18H13NO. The fourth-order valence-electron chi connectivity index (χ4n) is 2.17. The normalized spacial score (nSPS) is 10.2. The van der Waals surface area contributed by atoms with Crippen LogP contribution in [0.25, 0.3) is 22.3 Å². The molecule has 0 bridgehead atoms. The molecule has 0 fully saturated rings. The number of nitrogens with zero attached hydrogens (tertiary/aromatic N) is 1. The highest BCUT2D eigenvalue weighted by Crippen LogP contribution is 2.24. The third-order valence-electron chi connectivity index (χ3n) is 3.22. The molecule has 1 heterocycles. The lowest BCUT2D eigenvalue weighted by Gasteiger charge is -2.05. The Balaban J connectivity index is 1.95. The Bertz CT molecular complexity index is 718. The Morgan fingerprint density at radius 1 is 0.700 bits per heavy atom. The van der Waals surface area contributed by atoms with Gasteiger partial charge in [-0.1, -0.05) is 54.6 Å². The molecular weight excluding hydrogens is 246 g/mol. The molecule has 0 unspecified atom stereocenters. The standard InChI is InChI=1S/C18H13NO/c20-13-14-10-18(12-19-11-14)17-8-6-16(7-9-17)15-4-2-1-3-5-15/h1-13H. The molecule has 2 aromatic carbocycles. The van der Waals surface area contributed by atoms with Gasteiger partial charge in [0.15, 0.2) is 6.29 Å². The van der Waals surface area contributed by atoms with Gasteiger partial charge in [-0.3, -0.25) is 9.78 Å². The first-order valence-electron chi connectivity index (χ1n) is 6.43. The smallest absolute Gasteiger partial charge is 0.151 e. The van der Waals surface area contributed by atoms with Gasteiger partial charge in [-0.2, -0.15) is 0 Å². The summed E-state index contributed by atoms with van der Waals surface area (Å²) >= 11 is 0. The topological polar surface area (TPSA) is 30.0 Å². The molecule has 3 aromatic rings. The Morgan fingerprint density at radius 3 is 1.95 bits per heavy atom. The second kappa shape index (κ2) is 5.49. The average molecular weight is 259 g/mol. The zero-order valence-corrected chi connectivity index (χ0v) is 10.9. The highest BCUT2D eigenvalue weighted by Gasteiger charge is 2.01. The Labute approximate surface area is 117 Å². The fraction of sp³-hybridized carbons (Fsp3) is 0. The van der Waals surface area contributed by atoms with Crippen LogP contribution in [0.4, 0.5) is 0 Å². The van der Waals surface area contributed by atoms with Crippen molar-refractivity contribution in [3.8, 4) is 22.3 Å². The number of aromatic nitrogens is 1. The van der Waals surface area contributed by atoms with Gasteiger partial charge in [0.25, 0.3) is 0 Å². The van der Waals surface area contributed by atoms with Crippen molar-refractivity contribution in [3.63, 3.8) is 0 Å². The molecule has 0 radical (unpaired) electrons. The van der Waals surface area contributed by atoms with Crippen molar-refractivity contribution < 1.29 is 4.79 Å². The van der Waals surface area contributed by atoms with Crippen LogP contribution in [-0.2, 0) is 0 Å². The van der Waals surface area contributed by atoms with Gasteiger partial charge >= 0.3 is 0 Å². The maximum Gasteiger partial charge on any atom is 0.151 e. The van der Waals surface area contributed by atoms with E-state index in [9.17, 15) is 4.79 Å². The van der Waals surface area contributed by atoms with Crippen LogP contribution in [-0.4, -0.2) is 11.3 Å². The Hall–Kier alpha value is -2.74. The number of hydrogen-bond acceptors (Lipinski definition) is 2. The number of benzene rings is 2. The summed E-state index contributed by atoms with van der Waals surface area (Å²) in [6.07, 6.45) is 4.15. The summed E-state index contributed by atoms with van der Waals surface area (Å²) < 4.78 is 0. The molecule has 20 heavy (non-hydrogen) atoms. The van der Waals surface area contributed by atoms with Crippen molar-refractivity contribution >= 4 is 6.29 Å². The predicted octanol–water partition coefficient (Wildman–Crippen LogP) is 4.23. The number of carbonyl (C=O) groups excluding carboxylic acids is 1. The van der Waals surface area contributed by atoms with E-state index in [1.165, 1.54) is 11.1 Å². The lowest BCUT2D eigenvalue weighted by molar-refractivity contribution is 0.112. The number of rotatable bonds is 3. The molecule has 96 valence electrons. The average Bonchev–Trinajstić information content (AvgIpc) is 2.56. The minimum absolute atomic E-state index is 0.592. The van der Waals surface area contributed by atoms with Crippen LogP contribution in [0.1, 0.15) is 10.4 Å². The van der Waals surface area contributed by atoms with Crippen molar-refractivity contribution in [2.75, 3.05) is 0 Å². The van der Waals surface area contributed by atoms with Gasteiger partial charge < -0.3 is 0 Å². The van der Waals surface area contributed by atoms with E-state index in [4.69, 9.17) is 0 Å². The highest BCUT2D eigenvalue weighted by atomic mass is 16.1. The largest absolute Gasteiger partial charge is 0.298 e. The maximum absolute atomic E-state index is 10.8. The molecule has 0 spiro atoms. The van der Waals surface area contributed by atoms with Gasteiger partial charge in [0, 0.05) is 23.5 Å². The number of carbonyl (C=O) groups is 1. The maximum atomic E-state index is 10.8. The van der Waals surface area contributed by atoms with Gasteiger partial charge in [-0.15, -0.1) is 0 Å². The highest BCUT2D eigenvalue weighted by molar-refractivity contribution is 5.78. The van der Waals surface area contributed by atoms with E-state index in [0.717, 1.165) is 17.4 Å². The van der Waals surface area contributed by atoms with Crippen LogP contribution < -0.4 is 0 Å². The zero-order chi connectivity index (χ0) is 13.8. The van der Waals surface area contributed by atoms with Gasteiger partial charge in [0.05, 0.1) is 0 Å². The van der Waals surface area contributed by atoms with Crippen molar-refractivity contribution in [2.45, 2.75) is 0 Å². The van der Waals surface area contributed by atoms with Crippen LogP contribution in [0.2, 0.25) is 0 Å². The summed E-state index contributed by atoms with van der Waals surface area (Å²) in [6.45, 7) is 0. The molecule has 3 rings (SSSR count). The zero-order valence-electron chi connectivity index (χ0n) is 10.9. The van der Waals surface area contributed by atoms with Crippen molar-refractivity contribution in [3.05, 3.63) is 78.6 Å². The van der Waals surface area contributed by atoms with E-state index in [1.807, 2.05) is 36.4 Å². The van der Waals surface area contributed by atoms with E-state index in [2.05, 4.69) is 29.2 Å². The molecule has 0 atom stereocenters. The summed E-state index contributed by atoms with van der Waals surface area (Å²) in [5.41, 5.74) is 4.97. The summed E-state index contributed by atoms with van der Waals surface area (Å²) in [6, 6.07) is 20.3. The van der Waals surface area contributed by atoms with Crippen LogP contribution in [0.15, 0.2) is 73.1 Å². The fourth-order valence-corrected chi connectivity index (χ4v) is 2.17. The molecule has 2 heteroatoms. The van der Waals surface area contributed by atoms with Crippen LogP contribution in [0.3, 0.4) is 0 Å². The Morgan fingerprint density at radius 2 is 1.30 bits per heavy atom. The monoisotopic (exact) mass is 259 g/mol. The van der Waals surface area contributed by atoms with Crippen molar-refractivity contribution in [2.24, 2.45) is 0 Å². The molecule has 0 saturated heterocycles. The first-order valence-corrected chi connectivity index (χ1v) is 6.43. The Kier molecular flexibility index (Phi) is 3.38. The summed E-state index contributed by atoms with van der Waals surface area (Å²) in [7, 11) is 0. The molecule has 0 saturated carbocycles. The lowest BCUT2D eigenvalue weighted by atomic mass is 10.0. The third-order valence-corrected chi connectivity index (χ3v) is 3.22. The molecule has 2 nitrogen and oxygen atoms in total. The van der Waals surface area contributed by atoms with Crippen LogP contribution >= 0.6 is 0 Å². The van der Waals surface area contributed by atoms with Gasteiger partial charge in [-0.05, 0) is 22.8 Å². The van der Waals surface area contributed by atoms with E-state index in [-0.39, 0.29) is 0 Å². The van der Waals surface area contributed by atoms with Gasteiger partial charge in [0.2, 0.25) is 0 Å². The molecule has 0 N–H and O–H groups in total. The summed E-state index contributed by atoms with van der Waals surface area (Å²) in [5.74, 6) is 0. The van der Waals surface area contributed by atoms with E-state index in [1.54, 1.807) is 12.4 Å². The third kappa shape index (κ3) is 2.50. The predicted molar refractivity (Wildman–Crippen MR) is 80.5 cm³/mol. The lowest BCUT2D eigenvalue weighted by Crippen LogP contribution is -1.85. The van der Waals surface area contributed by atoms with Crippen molar-refractivity contribution in [1.82, 2.24) is 4.98 Å². The summed E-state index contributed by atoms with van der Waals surface area (Å²) in [5, 5.41) is 0. The first kappa shape index (κ1) is 12.3. The van der Waals surface area contributed by atoms with E-state index < -0.39 is 0 Å².